The van der Waals surface area contributed by atoms with E-state index in [4.69, 9.17) is 15.6 Å². The lowest BCUT2D eigenvalue weighted by molar-refractivity contribution is -0.137. The van der Waals surface area contributed by atoms with E-state index < -0.39 is 12.0 Å². The maximum absolute atomic E-state index is 10.6. The molecule has 0 aliphatic heterocycles. The van der Waals surface area contributed by atoms with Crippen LogP contribution in [0.2, 0.25) is 0 Å². The zero-order valence-corrected chi connectivity index (χ0v) is 9.85. The van der Waals surface area contributed by atoms with Gasteiger partial charge in [0, 0.05) is 6.04 Å². The van der Waals surface area contributed by atoms with Gasteiger partial charge in [0.05, 0.1) is 13.5 Å². The van der Waals surface area contributed by atoms with Crippen molar-refractivity contribution in [3.63, 3.8) is 0 Å². The smallest absolute Gasteiger partial charge is 0.305 e. The number of carboxylic acids is 1. The van der Waals surface area contributed by atoms with Gasteiger partial charge in [0.15, 0.2) is 0 Å². The number of rotatable bonds is 5. The van der Waals surface area contributed by atoms with Crippen LogP contribution >= 0.6 is 0 Å². The molecule has 4 nitrogen and oxygen atoms in total. The van der Waals surface area contributed by atoms with E-state index in [0.29, 0.717) is 5.92 Å². The maximum atomic E-state index is 10.6. The Kier molecular flexibility index (Phi) is 3.33. The molecule has 1 aromatic rings. The first kappa shape index (κ1) is 11.9. The molecule has 4 heteroatoms. The fourth-order valence-electron chi connectivity index (χ4n) is 2.00. The van der Waals surface area contributed by atoms with Crippen molar-refractivity contribution in [2.24, 2.45) is 5.73 Å². The van der Waals surface area contributed by atoms with Gasteiger partial charge in [0.2, 0.25) is 0 Å². The average molecular weight is 235 g/mol. The van der Waals surface area contributed by atoms with Crippen LogP contribution in [0.25, 0.3) is 0 Å². The highest BCUT2D eigenvalue weighted by atomic mass is 16.5. The van der Waals surface area contributed by atoms with Gasteiger partial charge in [-0.2, -0.15) is 0 Å². The topological polar surface area (TPSA) is 72.5 Å². The minimum Gasteiger partial charge on any atom is -0.496 e. The maximum Gasteiger partial charge on any atom is 0.305 e. The molecule has 1 fully saturated rings. The van der Waals surface area contributed by atoms with Crippen LogP contribution in [-0.2, 0) is 4.79 Å². The average Bonchev–Trinajstić information content (AvgIpc) is 3.11. The number of aliphatic carboxylic acids is 1. The second kappa shape index (κ2) is 4.75. The standard InChI is InChI=1S/C13H17NO3/c1-17-12-6-9(11(14)7-13(15)16)4-5-10(12)8-2-3-8/h4-6,8,11H,2-3,7,14H2,1H3,(H,15,16). The minimum absolute atomic E-state index is 0.0636. The molecule has 1 unspecified atom stereocenters. The lowest BCUT2D eigenvalue weighted by atomic mass is 10.0. The van der Waals surface area contributed by atoms with E-state index in [9.17, 15) is 4.79 Å². The zero-order chi connectivity index (χ0) is 12.4. The largest absolute Gasteiger partial charge is 0.496 e. The number of methoxy groups -OCH3 is 1. The van der Waals surface area contributed by atoms with Gasteiger partial charge >= 0.3 is 5.97 Å². The molecule has 0 heterocycles. The third-order valence-electron chi connectivity index (χ3n) is 3.10. The van der Waals surface area contributed by atoms with Gasteiger partial charge in [-0.3, -0.25) is 4.79 Å². The summed E-state index contributed by atoms with van der Waals surface area (Å²) in [4.78, 5) is 10.6. The van der Waals surface area contributed by atoms with Crippen LogP contribution < -0.4 is 10.5 Å². The molecule has 0 amide bonds. The normalized spacial score (nSPS) is 16.6. The highest BCUT2D eigenvalue weighted by Crippen LogP contribution is 2.44. The molecule has 2 rings (SSSR count). The first-order chi connectivity index (χ1) is 8.11. The molecule has 1 aliphatic carbocycles. The van der Waals surface area contributed by atoms with Crippen molar-refractivity contribution in [3.8, 4) is 5.75 Å². The Labute approximate surface area is 100 Å². The highest BCUT2D eigenvalue weighted by molar-refractivity contribution is 5.68. The van der Waals surface area contributed by atoms with E-state index in [0.717, 1.165) is 11.3 Å². The summed E-state index contributed by atoms with van der Waals surface area (Å²) in [6, 6.07) is 5.30. The molecular weight excluding hydrogens is 218 g/mol. The summed E-state index contributed by atoms with van der Waals surface area (Å²) < 4.78 is 5.34. The quantitative estimate of drug-likeness (QED) is 0.819. The zero-order valence-electron chi connectivity index (χ0n) is 9.85. The summed E-state index contributed by atoms with van der Waals surface area (Å²) >= 11 is 0. The van der Waals surface area contributed by atoms with Gasteiger partial charge in [0.25, 0.3) is 0 Å². The van der Waals surface area contributed by atoms with Crippen LogP contribution in [-0.4, -0.2) is 18.2 Å². The Balaban J connectivity index is 2.21. The Morgan fingerprint density at radius 2 is 2.29 bits per heavy atom. The molecule has 0 saturated heterocycles. The molecule has 3 N–H and O–H groups in total. The summed E-state index contributed by atoms with van der Waals surface area (Å²) in [6.07, 6.45) is 2.35. The molecular formula is C13H17NO3. The number of carboxylic acid groups (broad SMARTS) is 1. The molecule has 1 atom stereocenters. The fraction of sp³-hybridized carbons (Fsp3) is 0.462. The number of hydrogen-bond donors (Lipinski definition) is 2. The van der Waals surface area contributed by atoms with Crippen molar-refractivity contribution in [2.45, 2.75) is 31.2 Å². The van der Waals surface area contributed by atoms with E-state index in [2.05, 4.69) is 0 Å². The van der Waals surface area contributed by atoms with E-state index in [-0.39, 0.29) is 6.42 Å². The predicted molar refractivity (Wildman–Crippen MR) is 64.2 cm³/mol. The number of benzene rings is 1. The molecule has 0 radical (unpaired) electrons. The van der Waals surface area contributed by atoms with Gasteiger partial charge < -0.3 is 15.6 Å². The van der Waals surface area contributed by atoms with E-state index in [1.807, 2.05) is 18.2 Å². The first-order valence-electron chi connectivity index (χ1n) is 5.77. The molecule has 0 aromatic heterocycles. The van der Waals surface area contributed by atoms with Gasteiger partial charge in [0.1, 0.15) is 5.75 Å². The first-order valence-corrected chi connectivity index (χ1v) is 5.77. The third kappa shape index (κ3) is 2.77. The van der Waals surface area contributed by atoms with Crippen LogP contribution in [0.5, 0.6) is 5.75 Å². The van der Waals surface area contributed by atoms with Crippen molar-refractivity contribution < 1.29 is 14.6 Å². The third-order valence-corrected chi connectivity index (χ3v) is 3.10. The fourth-order valence-corrected chi connectivity index (χ4v) is 2.00. The molecule has 92 valence electrons. The summed E-state index contributed by atoms with van der Waals surface area (Å²) in [6.45, 7) is 0. The van der Waals surface area contributed by atoms with Gasteiger partial charge in [-0.15, -0.1) is 0 Å². The lowest BCUT2D eigenvalue weighted by Crippen LogP contribution is -2.15. The molecule has 1 saturated carbocycles. The van der Waals surface area contributed by atoms with E-state index >= 15 is 0 Å². The highest BCUT2D eigenvalue weighted by Gasteiger charge is 2.27. The molecule has 17 heavy (non-hydrogen) atoms. The predicted octanol–water partition coefficient (Wildman–Crippen LogP) is 2.05. The van der Waals surface area contributed by atoms with Crippen molar-refractivity contribution in [1.82, 2.24) is 0 Å². The van der Waals surface area contributed by atoms with E-state index in [1.54, 1.807) is 7.11 Å². The number of carbonyl (C=O) groups is 1. The minimum atomic E-state index is -0.886. The molecule has 1 aliphatic rings. The summed E-state index contributed by atoms with van der Waals surface area (Å²) in [7, 11) is 1.63. The van der Waals surface area contributed by atoms with Crippen molar-refractivity contribution >= 4 is 5.97 Å². The van der Waals surface area contributed by atoms with Crippen LogP contribution in [0.4, 0.5) is 0 Å². The van der Waals surface area contributed by atoms with Crippen LogP contribution in [0, 0.1) is 0 Å². The number of ether oxygens (including phenoxy) is 1. The monoisotopic (exact) mass is 235 g/mol. The molecule has 0 spiro atoms. The Bertz CT molecular complexity index is 427. The van der Waals surface area contributed by atoms with Crippen molar-refractivity contribution in [2.75, 3.05) is 7.11 Å². The second-order valence-electron chi connectivity index (χ2n) is 4.48. The Morgan fingerprint density at radius 3 is 2.82 bits per heavy atom. The second-order valence-corrected chi connectivity index (χ2v) is 4.48. The Hall–Kier alpha value is -1.55. The summed E-state index contributed by atoms with van der Waals surface area (Å²) in [5, 5.41) is 8.71. The van der Waals surface area contributed by atoms with Crippen molar-refractivity contribution in [1.29, 1.82) is 0 Å². The van der Waals surface area contributed by atoms with Crippen LogP contribution in [0.1, 0.15) is 42.3 Å². The van der Waals surface area contributed by atoms with Crippen LogP contribution in [0.3, 0.4) is 0 Å². The van der Waals surface area contributed by atoms with Crippen LogP contribution in [0.15, 0.2) is 18.2 Å². The SMILES string of the molecule is COc1cc(C(N)CC(=O)O)ccc1C1CC1. The van der Waals surface area contributed by atoms with Gasteiger partial charge in [-0.1, -0.05) is 12.1 Å². The van der Waals surface area contributed by atoms with Crippen molar-refractivity contribution in [3.05, 3.63) is 29.3 Å². The van der Waals surface area contributed by atoms with Gasteiger partial charge in [-0.25, -0.2) is 0 Å². The number of nitrogens with two attached hydrogens (primary N) is 1. The van der Waals surface area contributed by atoms with Gasteiger partial charge in [-0.05, 0) is 36.0 Å². The summed E-state index contributed by atoms with van der Waals surface area (Å²) in [5.74, 6) is 0.545. The molecule has 1 aromatic carbocycles. The van der Waals surface area contributed by atoms with E-state index in [1.165, 1.54) is 18.4 Å². The lowest BCUT2D eigenvalue weighted by Gasteiger charge is -2.13. The Morgan fingerprint density at radius 1 is 1.59 bits per heavy atom. The molecule has 0 bridgehead atoms. The number of hydrogen-bond acceptors (Lipinski definition) is 3. The summed E-state index contributed by atoms with van der Waals surface area (Å²) in [5.41, 5.74) is 7.85.